The van der Waals surface area contributed by atoms with Crippen LogP contribution < -0.4 is 4.74 Å². The fraction of sp³-hybridized carbons (Fsp3) is 0.105. The van der Waals surface area contributed by atoms with E-state index in [0.29, 0.717) is 17.1 Å². The summed E-state index contributed by atoms with van der Waals surface area (Å²) in [5.74, 6) is 0.854. The highest BCUT2D eigenvalue weighted by molar-refractivity contribution is 5.84. The van der Waals surface area contributed by atoms with Crippen molar-refractivity contribution in [3.8, 4) is 22.8 Å². The van der Waals surface area contributed by atoms with Crippen LogP contribution in [0, 0.1) is 12.7 Å². The molecule has 0 fully saturated rings. The van der Waals surface area contributed by atoms with Gasteiger partial charge in [0.1, 0.15) is 11.6 Å². The molecule has 2 aromatic heterocycles. The summed E-state index contributed by atoms with van der Waals surface area (Å²) in [5.41, 5.74) is 2.82. The molecule has 0 N–H and O–H groups in total. The zero-order valence-electron chi connectivity index (χ0n) is 13.8. The van der Waals surface area contributed by atoms with Gasteiger partial charge in [0.2, 0.25) is 0 Å². The molecule has 4 aromatic rings. The van der Waals surface area contributed by atoms with E-state index in [-0.39, 0.29) is 5.82 Å². The van der Waals surface area contributed by atoms with Crippen molar-refractivity contribution in [1.82, 2.24) is 19.7 Å². The van der Waals surface area contributed by atoms with Crippen LogP contribution >= 0.6 is 0 Å². The van der Waals surface area contributed by atoms with E-state index in [1.54, 1.807) is 42.4 Å². The number of rotatable bonds is 3. The van der Waals surface area contributed by atoms with Crippen molar-refractivity contribution < 1.29 is 9.13 Å². The van der Waals surface area contributed by atoms with Crippen LogP contribution in [0.3, 0.4) is 0 Å². The topological polar surface area (TPSA) is 52.8 Å². The van der Waals surface area contributed by atoms with Gasteiger partial charge in [0.25, 0.3) is 5.95 Å². The highest BCUT2D eigenvalue weighted by Crippen LogP contribution is 2.26. The van der Waals surface area contributed by atoms with Gasteiger partial charge >= 0.3 is 0 Å². The Balaban J connectivity index is 1.80. The van der Waals surface area contributed by atoms with Crippen LogP contribution in [0.25, 0.3) is 28.0 Å². The summed E-state index contributed by atoms with van der Waals surface area (Å²) in [6.07, 6.45) is 3.20. The average molecular weight is 334 g/mol. The fourth-order valence-corrected chi connectivity index (χ4v) is 2.79. The molecule has 0 radical (unpaired) electrons. The van der Waals surface area contributed by atoms with Gasteiger partial charge in [0, 0.05) is 35.0 Å². The van der Waals surface area contributed by atoms with E-state index < -0.39 is 0 Å². The van der Waals surface area contributed by atoms with E-state index in [9.17, 15) is 4.39 Å². The van der Waals surface area contributed by atoms with Crippen LogP contribution in [-0.4, -0.2) is 26.9 Å². The van der Waals surface area contributed by atoms with Crippen molar-refractivity contribution in [2.75, 3.05) is 7.11 Å². The van der Waals surface area contributed by atoms with Crippen molar-refractivity contribution >= 4 is 10.9 Å². The van der Waals surface area contributed by atoms with E-state index in [2.05, 4.69) is 15.1 Å². The first-order valence-corrected chi connectivity index (χ1v) is 7.78. The summed E-state index contributed by atoms with van der Waals surface area (Å²) in [6.45, 7) is 1.93. The van der Waals surface area contributed by atoms with Crippen molar-refractivity contribution in [1.29, 1.82) is 0 Å². The molecular weight excluding hydrogens is 319 g/mol. The second-order valence-corrected chi connectivity index (χ2v) is 5.63. The molecule has 0 bridgehead atoms. The highest BCUT2D eigenvalue weighted by atomic mass is 19.1. The summed E-state index contributed by atoms with van der Waals surface area (Å²) in [5, 5.41) is 5.52. The Morgan fingerprint density at radius 2 is 1.80 bits per heavy atom. The molecule has 0 aliphatic heterocycles. The molecule has 124 valence electrons. The third kappa shape index (κ3) is 2.61. The summed E-state index contributed by atoms with van der Waals surface area (Å²) >= 11 is 0. The maximum Gasteiger partial charge on any atom is 0.251 e. The third-order valence-electron chi connectivity index (χ3n) is 4.09. The number of benzene rings is 2. The Labute approximate surface area is 143 Å². The van der Waals surface area contributed by atoms with Crippen LogP contribution in [0.1, 0.15) is 5.69 Å². The normalized spacial score (nSPS) is 11.0. The number of halogens is 1. The third-order valence-corrected chi connectivity index (χ3v) is 4.09. The van der Waals surface area contributed by atoms with Gasteiger partial charge in [-0.05, 0) is 25.1 Å². The second kappa shape index (κ2) is 5.98. The first kappa shape index (κ1) is 15.3. The van der Waals surface area contributed by atoms with Gasteiger partial charge in [-0.15, -0.1) is 0 Å². The summed E-state index contributed by atoms with van der Waals surface area (Å²) in [7, 11) is 1.62. The predicted molar refractivity (Wildman–Crippen MR) is 93.3 cm³/mol. The van der Waals surface area contributed by atoms with Gasteiger partial charge in [0.05, 0.1) is 18.3 Å². The molecule has 0 saturated heterocycles. The Morgan fingerprint density at radius 1 is 1.04 bits per heavy atom. The zero-order valence-corrected chi connectivity index (χ0v) is 13.8. The molecule has 0 saturated carbocycles. The molecule has 2 heterocycles. The molecular formula is C19H15FN4O. The SMILES string of the molecule is COc1ccc2c(C)nn(-c3ncc(-c4ccccc4F)cn3)c2c1. The van der Waals surface area contributed by atoms with Gasteiger partial charge in [0.15, 0.2) is 0 Å². The summed E-state index contributed by atoms with van der Waals surface area (Å²) in [4.78, 5) is 8.73. The Bertz CT molecular complexity index is 1060. The van der Waals surface area contributed by atoms with Crippen LogP contribution in [0.5, 0.6) is 5.75 Å². The zero-order chi connectivity index (χ0) is 17.4. The lowest BCUT2D eigenvalue weighted by molar-refractivity contribution is 0.415. The van der Waals surface area contributed by atoms with E-state index in [1.807, 2.05) is 25.1 Å². The largest absolute Gasteiger partial charge is 0.497 e. The van der Waals surface area contributed by atoms with E-state index in [1.165, 1.54) is 6.07 Å². The van der Waals surface area contributed by atoms with E-state index >= 15 is 0 Å². The van der Waals surface area contributed by atoms with Gasteiger partial charge in [-0.3, -0.25) is 0 Å². The number of nitrogens with zero attached hydrogens (tertiary/aromatic N) is 4. The summed E-state index contributed by atoms with van der Waals surface area (Å²) in [6, 6.07) is 12.3. The summed E-state index contributed by atoms with van der Waals surface area (Å²) < 4.78 is 20.9. The Hall–Kier alpha value is -3.28. The molecule has 2 aromatic carbocycles. The Morgan fingerprint density at radius 3 is 2.52 bits per heavy atom. The molecule has 0 spiro atoms. The number of aromatic nitrogens is 4. The quantitative estimate of drug-likeness (QED) is 0.569. The van der Waals surface area contributed by atoms with Gasteiger partial charge < -0.3 is 4.74 Å². The standard InChI is InChI=1S/C19H15FN4O/c1-12-15-8-7-14(25-2)9-18(15)24(23-12)19-21-10-13(11-22-19)16-5-3-4-6-17(16)20/h3-11H,1-2H3. The lowest BCUT2D eigenvalue weighted by Gasteiger charge is -2.05. The minimum Gasteiger partial charge on any atom is -0.497 e. The molecule has 0 aliphatic carbocycles. The monoisotopic (exact) mass is 334 g/mol. The number of aryl methyl sites for hydroxylation is 1. The van der Waals surface area contributed by atoms with Crippen molar-refractivity contribution in [2.45, 2.75) is 6.92 Å². The number of hydrogen-bond donors (Lipinski definition) is 0. The predicted octanol–water partition coefficient (Wildman–Crippen LogP) is 3.94. The fourth-order valence-electron chi connectivity index (χ4n) is 2.79. The first-order chi connectivity index (χ1) is 12.2. The molecule has 6 heteroatoms. The minimum atomic E-state index is -0.302. The van der Waals surface area contributed by atoms with Gasteiger partial charge in [-0.25, -0.2) is 14.4 Å². The maximum atomic E-state index is 13.9. The van der Waals surface area contributed by atoms with Gasteiger partial charge in [-0.1, -0.05) is 18.2 Å². The number of hydrogen-bond acceptors (Lipinski definition) is 4. The molecule has 0 aliphatic rings. The molecule has 5 nitrogen and oxygen atoms in total. The number of methoxy groups -OCH3 is 1. The van der Waals surface area contributed by atoms with E-state index in [0.717, 1.165) is 22.3 Å². The molecule has 25 heavy (non-hydrogen) atoms. The lowest BCUT2D eigenvalue weighted by Crippen LogP contribution is -2.03. The van der Waals surface area contributed by atoms with E-state index in [4.69, 9.17) is 4.74 Å². The Kier molecular flexibility index (Phi) is 3.65. The van der Waals surface area contributed by atoms with Crippen LogP contribution in [0.2, 0.25) is 0 Å². The molecule has 0 unspecified atom stereocenters. The lowest BCUT2D eigenvalue weighted by atomic mass is 10.1. The molecule has 0 atom stereocenters. The smallest absolute Gasteiger partial charge is 0.251 e. The molecule has 0 amide bonds. The molecule has 4 rings (SSSR count). The van der Waals surface area contributed by atoms with Crippen LogP contribution in [0.4, 0.5) is 4.39 Å². The van der Waals surface area contributed by atoms with Crippen molar-refractivity contribution in [3.63, 3.8) is 0 Å². The van der Waals surface area contributed by atoms with Crippen LogP contribution in [0.15, 0.2) is 54.9 Å². The van der Waals surface area contributed by atoms with Gasteiger partial charge in [-0.2, -0.15) is 9.78 Å². The second-order valence-electron chi connectivity index (χ2n) is 5.63. The number of ether oxygens (including phenoxy) is 1. The van der Waals surface area contributed by atoms with Crippen molar-refractivity contribution in [2.24, 2.45) is 0 Å². The van der Waals surface area contributed by atoms with Crippen LogP contribution in [-0.2, 0) is 0 Å². The maximum absolute atomic E-state index is 13.9. The number of fused-ring (bicyclic) bond motifs is 1. The highest BCUT2D eigenvalue weighted by Gasteiger charge is 2.13. The average Bonchev–Trinajstić information content (AvgIpc) is 2.98. The van der Waals surface area contributed by atoms with Crippen molar-refractivity contribution in [3.05, 3.63) is 66.4 Å². The first-order valence-electron chi connectivity index (χ1n) is 7.78. The minimum absolute atomic E-state index is 0.302.